The predicted molar refractivity (Wildman–Crippen MR) is 83.9 cm³/mol. The lowest BCUT2D eigenvalue weighted by Crippen LogP contribution is -2.13. The number of carbonyl (C=O) groups is 1. The van der Waals surface area contributed by atoms with Crippen LogP contribution in [0.4, 0.5) is 0 Å². The van der Waals surface area contributed by atoms with Gasteiger partial charge >= 0.3 is 5.97 Å². The number of nitrogens with zero attached hydrogens (tertiary/aromatic N) is 1. The fraction of sp³-hybridized carbons (Fsp3) is 0.294. The van der Waals surface area contributed by atoms with Crippen LogP contribution in [0.25, 0.3) is 0 Å². The third-order valence-electron chi connectivity index (χ3n) is 3.01. The Morgan fingerprint density at radius 1 is 1.14 bits per heavy atom. The zero-order valence-corrected chi connectivity index (χ0v) is 12.7. The van der Waals surface area contributed by atoms with Crippen LogP contribution in [0.2, 0.25) is 0 Å². The molecular formula is C17H20N2O3. The Balaban J connectivity index is 1.81. The molecule has 0 saturated heterocycles. The number of ether oxygens (including phenoxy) is 1. The monoisotopic (exact) mass is 300 g/mol. The van der Waals surface area contributed by atoms with Gasteiger partial charge in [-0.1, -0.05) is 18.2 Å². The quantitative estimate of drug-likeness (QED) is 0.822. The smallest absolute Gasteiger partial charge is 0.335 e. The molecule has 5 nitrogen and oxygen atoms in total. The number of nitrogens with one attached hydrogen (secondary N) is 1. The highest BCUT2D eigenvalue weighted by Crippen LogP contribution is 2.10. The SMILES string of the molecule is CC(C)Oc1ccc(CNCc2ccc(C(=O)O)cc2)cn1. The molecule has 0 fully saturated rings. The van der Waals surface area contributed by atoms with Crippen LogP contribution in [0, 0.1) is 0 Å². The van der Waals surface area contributed by atoms with Crippen molar-refractivity contribution in [3.8, 4) is 5.88 Å². The molecule has 2 aromatic rings. The molecule has 1 aromatic heterocycles. The average molecular weight is 300 g/mol. The summed E-state index contributed by atoms with van der Waals surface area (Å²) in [4.78, 5) is 15.0. The topological polar surface area (TPSA) is 71.5 Å². The summed E-state index contributed by atoms with van der Waals surface area (Å²) in [5.74, 6) is -0.280. The lowest BCUT2D eigenvalue weighted by molar-refractivity contribution is 0.0697. The second-order valence-corrected chi connectivity index (χ2v) is 5.28. The van der Waals surface area contributed by atoms with Crippen molar-refractivity contribution in [2.75, 3.05) is 0 Å². The highest BCUT2D eigenvalue weighted by Gasteiger charge is 2.02. The molecule has 2 N–H and O–H groups in total. The second-order valence-electron chi connectivity index (χ2n) is 5.28. The molecule has 0 aliphatic carbocycles. The number of benzene rings is 1. The van der Waals surface area contributed by atoms with E-state index in [0.29, 0.717) is 24.5 Å². The molecule has 0 spiro atoms. The molecule has 2 rings (SSSR count). The van der Waals surface area contributed by atoms with Gasteiger partial charge in [0, 0.05) is 25.4 Å². The number of carboxylic acids is 1. The van der Waals surface area contributed by atoms with Crippen molar-refractivity contribution in [2.45, 2.75) is 33.0 Å². The number of hydrogen-bond donors (Lipinski definition) is 2. The van der Waals surface area contributed by atoms with Gasteiger partial charge in [-0.05, 0) is 37.1 Å². The molecule has 5 heteroatoms. The number of hydrogen-bond acceptors (Lipinski definition) is 4. The van der Waals surface area contributed by atoms with E-state index in [1.54, 1.807) is 18.3 Å². The lowest BCUT2D eigenvalue weighted by atomic mass is 10.1. The normalized spacial score (nSPS) is 10.7. The molecule has 0 aliphatic rings. The number of aromatic nitrogens is 1. The third-order valence-corrected chi connectivity index (χ3v) is 3.01. The van der Waals surface area contributed by atoms with Crippen LogP contribution < -0.4 is 10.1 Å². The molecule has 0 unspecified atom stereocenters. The number of rotatable bonds is 7. The van der Waals surface area contributed by atoms with Gasteiger partial charge in [0.25, 0.3) is 0 Å². The first-order valence-electron chi connectivity index (χ1n) is 7.19. The molecule has 0 atom stereocenters. The Labute approximate surface area is 130 Å². The Kier molecular flexibility index (Phi) is 5.49. The summed E-state index contributed by atoms with van der Waals surface area (Å²) >= 11 is 0. The van der Waals surface area contributed by atoms with E-state index in [2.05, 4.69) is 10.3 Å². The third kappa shape index (κ3) is 4.86. The van der Waals surface area contributed by atoms with Crippen LogP contribution in [-0.2, 0) is 13.1 Å². The Morgan fingerprint density at radius 3 is 2.32 bits per heavy atom. The maximum atomic E-state index is 10.8. The van der Waals surface area contributed by atoms with Gasteiger partial charge in [-0.3, -0.25) is 0 Å². The summed E-state index contributed by atoms with van der Waals surface area (Å²) in [7, 11) is 0. The standard InChI is InChI=1S/C17H20N2O3/c1-12(2)22-16-8-5-14(11-19-16)10-18-9-13-3-6-15(7-4-13)17(20)21/h3-8,11-12,18H,9-10H2,1-2H3,(H,20,21). The summed E-state index contributed by atoms with van der Waals surface area (Å²) in [6.45, 7) is 5.29. The van der Waals surface area contributed by atoms with Gasteiger partial charge in [0.2, 0.25) is 5.88 Å². The van der Waals surface area contributed by atoms with Crippen molar-refractivity contribution in [3.05, 3.63) is 59.3 Å². The molecule has 1 aromatic carbocycles. The van der Waals surface area contributed by atoms with Gasteiger partial charge in [0.05, 0.1) is 11.7 Å². The maximum Gasteiger partial charge on any atom is 0.335 e. The first kappa shape index (κ1) is 16.0. The average Bonchev–Trinajstić information content (AvgIpc) is 2.49. The van der Waals surface area contributed by atoms with Crippen molar-refractivity contribution in [3.63, 3.8) is 0 Å². The van der Waals surface area contributed by atoms with Crippen molar-refractivity contribution in [1.82, 2.24) is 10.3 Å². The number of carboxylic acid groups (broad SMARTS) is 1. The van der Waals surface area contributed by atoms with E-state index < -0.39 is 5.97 Å². The molecule has 0 radical (unpaired) electrons. The van der Waals surface area contributed by atoms with E-state index in [-0.39, 0.29) is 6.10 Å². The van der Waals surface area contributed by atoms with Crippen molar-refractivity contribution in [1.29, 1.82) is 0 Å². The Morgan fingerprint density at radius 2 is 1.77 bits per heavy atom. The summed E-state index contributed by atoms with van der Waals surface area (Å²) in [5, 5.41) is 12.1. The van der Waals surface area contributed by atoms with Gasteiger partial charge < -0.3 is 15.2 Å². The van der Waals surface area contributed by atoms with E-state index in [1.807, 2.05) is 38.1 Å². The zero-order chi connectivity index (χ0) is 15.9. The van der Waals surface area contributed by atoms with Gasteiger partial charge in [0.1, 0.15) is 0 Å². The molecule has 1 heterocycles. The highest BCUT2D eigenvalue weighted by molar-refractivity contribution is 5.87. The maximum absolute atomic E-state index is 10.8. The first-order valence-corrected chi connectivity index (χ1v) is 7.19. The van der Waals surface area contributed by atoms with Crippen LogP contribution in [0.3, 0.4) is 0 Å². The van der Waals surface area contributed by atoms with E-state index >= 15 is 0 Å². The Hall–Kier alpha value is -2.40. The number of pyridine rings is 1. The van der Waals surface area contributed by atoms with E-state index in [0.717, 1.165) is 11.1 Å². The summed E-state index contributed by atoms with van der Waals surface area (Å²) in [6.07, 6.45) is 1.91. The van der Waals surface area contributed by atoms with Crippen LogP contribution in [0.5, 0.6) is 5.88 Å². The van der Waals surface area contributed by atoms with Crippen LogP contribution in [0.15, 0.2) is 42.6 Å². The van der Waals surface area contributed by atoms with Gasteiger partial charge in [0.15, 0.2) is 0 Å². The molecule has 0 bridgehead atoms. The zero-order valence-electron chi connectivity index (χ0n) is 12.7. The minimum Gasteiger partial charge on any atom is -0.478 e. The van der Waals surface area contributed by atoms with Crippen molar-refractivity contribution in [2.24, 2.45) is 0 Å². The molecular weight excluding hydrogens is 280 g/mol. The first-order chi connectivity index (χ1) is 10.5. The van der Waals surface area contributed by atoms with E-state index in [4.69, 9.17) is 9.84 Å². The van der Waals surface area contributed by atoms with Crippen molar-refractivity contribution < 1.29 is 14.6 Å². The van der Waals surface area contributed by atoms with E-state index in [1.165, 1.54) is 0 Å². The predicted octanol–water partition coefficient (Wildman–Crippen LogP) is 2.86. The largest absolute Gasteiger partial charge is 0.478 e. The molecule has 116 valence electrons. The highest BCUT2D eigenvalue weighted by atomic mass is 16.5. The fourth-order valence-corrected chi connectivity index (χ4v) is 1.94. The molecule has 0 amide bonds. The van der Waals surface area contributed by atoms with Gasteiger partial charge in [-0.25, -0.2) is 9.78 Å². The minimum absolute atomic E-state index is 0.116. The van der Waals surface area contributed by atoms with Gasteiger partial charge in [-0.15, -0.1) is 0 Å². The summed E-state index contributed by atoms with van der Waals surface area (Å²) in [6, 6.07) is 10.7. The second kappa shape index (κ2) is 7.56. The van der Waals surface area contributed by atoms with Gasteiger partial charge in [-0.2, -0.15) is 0 Å². The summed E-state index contributed by atoms with van der Waals surface area (Å²) < 4.78 is 5.49. The Bertz CT molecular complexity index is 607. The minimum atomic E-state index is -0.908. The fourth-order valence-electron chi connectivity index (χ4n) is 1.94. The van der Waals surface area contributed by atoms with Crippen LogP contribution >= 0.6 is 0 Å². The molecule has 22 heavy (non-hydrogen) atoms. The van der Waals surface area contributed by atoms with Crippen LogP contribution in [0.1, 0.15) is 35.3 Å². The number of aromatic carboxylic acids is 1. The molecule has 0 aliphatic heterocycles. The summed E-state index contributed by atoms with van der Waals surface area (Å²) in [5.41, 5.74) is 2.41. The van der Waals surface area contributed by atoms with Crippen molar-refractivity contribution >= 4 is 5.97 Å². The van der Waals surface area contributed by atoms with E-state index in [9.17, 15) is 4.79 Å². The van der Waals surface area contributed by atoms with Crippen LogP contribution in [-0.4, -0.2) is 22.2 Å². The molecule has 0 saturated carbocycles. The lowest BCUT2D eigenvalue weighted by Gasteiger charge is -2.09.